The van der Waals surface area contributed by atoms with E-state index in [1.54, 1.807) is 7.11 Å². The molecule has 1 saturated heterocycles. The largest absolute Gasteiger partial charge is 0.380 e. The molecular weight excluding hydrogens is 228 g/mol. The highest BCUT2D eigenvalue weighted by molar-refractivity contribution is 5.82. The van der Waals surface area contributed by atoms with Crippen LogP contribution in [0.25, 0.3) is 0 Å². The molecule has 2 aliphatic rings. The minimum atomic E-state index is -0.0649. The van der Waals surface area contributed by atoms with Crippen LogP contribution in [0.5, 0.6) is 0 Å². The van der Waals surface area contributed by atoms with Crippen molar-refractivity contribution >= 4 is 5.91 Å². The monoisotopic (exact) mass is 254 g/mol. The van der Waals surface area contributed by atoms with Crippen LogP contribution in [0.15, 0.2) is 0 Å². The molecule has 1 amide bonds. The van der Waals surface area contributed by atoms with Crippen molar-refractivity contribution in [3.8, 4) is 0 Å². The van der Waals surface area contributed by atoms with Gasteiger partial charge in [0.05, 0.1) is 12.1 Å². The van der Waals surface area contributed by atoms with Crippen molar-refractivity contribution in [1.82, 2.24) is 10.6 Å². The molecular formula is C14H26N2O2. The number of ether oxygens (including phenoxy) is 1. The summed E-state index contributed by atoms with van der Waals surface area (Å²) in [5.74, 6) is 0.152. The fourth-order valence-corrected chi connectivity index (χ4v) is 2.93. The highest BCUT2D eigenvalue weighted by atomic mass is 16.5. The van der Waals surface area contributed by atoms with Crippen molar-refractivity contribution in [1.29, 1.82) is 0 Å². The Hall–Kier alpha value is -0.610. The van der Waals surface area contributed by atoms with Crippen molar-refractivity contribution in [2.24, 2.45) is 5.41 Å². The lowest BCUT2D eigenvalue weighted by Gasteiger charge is -2.35. The number of amides is 1. The molecule has 4 nitrogen and oxygen atoms in total. The van der Waals surface area contributed by atoms with Crippen molar-refractivity contribution in [2.45, 2.75) is 64.1 Å². The first-order chi connectivity index (χ1) is 8.50. The van der Waals surface area contributed by atoms with E-state index in [1.807, 2.05) is 0 Å². The number of nitrogens with one attached hydrogen (secondary N) is 2. The predicted octanol–water partition coefficient (Wildman–Crippen LogP) is 1.45. The molecule has 104 valence electrons. The van der Waals surface area contributed by atoms with E-state index >= 15 is 0 Å². The lowest BCUT2D eigenvalue weighted by atomic mass is 9.75. The number of carbonyl (C=O) groups excluding carboxylic acids is 1. The van der Waals surface area contributed by atoms with Gasteiger partial charge in [0.15, 0.2) is 0 Å². The van der Waals surface area contributed by atoms with Gasteiger partial charge in [-0.1, -0.05) is 13.8 Å². The molecule has 2 rings (SSSR count). The van der Waals surface area contributed by atoms with Crippen LogP contribution in [0, 0.1) is 5.41 Å². The highest BCUT2D eigenvalue weighted by Gasteiger charge is 2.32. The molecule has 18 heavy (non-hydrogen) atoms. The maximum atomic E-state index is 12.1. The molecule has 0 bridgehead atoms. The SMILES string of the molecule is COC1CNC(C(=O)NC2CCC(C)(C)CC2)C1. The molecule has 4 heteroatoms. The molecule has 0 aromatic heterocycles. The Bertz CT molecular complexity index is 294. The second-order valence-electron chi connectivity index (χ2n) is 6.50. The summed E-state index contributed by atoms with van der Waals surface area (Å²) < 4.78 is 5.27. The van der Waals surface area contributed by atoms with Crippen molar-refractivity contribution in [3.05, 3.63) is 0 Å². The van der Waals surface area contributed by atoms with Crippen LogP contribution in [0.3, 0.4) is 0 Å². The van der Waals surface area contributed by atoms with Gasteiger partial charge < -0.3 is 15.4 Å². The molecule has 2 unspecified atom stereocenters. The van der Waals surface area contributed by atoms with Gasteiger partial charge in [0.1, 0.15) is 0 Å². The van der Waals surface area contributed by atoms with E-state index in [2.05, 4.69) is 24.5 Å². The fraction of sp³-hybridized carbons (Fsp3) is 0.929. The van der Waals surface area contributed by atoms with Gasteiger partial charge in [0, 0.05) is 19.7 Å². The van der Waals surface area contributed by atoms with Gasteiger partial charge in [-0.25, -0.2) is 0 Å². The Morgan fingerprint density at radius 3 is 2.56 bits per heavy atom. The van der Waals surface area contributed by atoms with E-state index in [-0.39, 0.29) is 18.1 Å². The van der Waals surface area contributed by atoms with Crippen molar-refractivity contribution in [3.63, 3.8) is 0 Å². The fourth-order valence-electron chi connectivity index (χ4n) is 2.93. The third kappa shape index (κ3) is 3.45. The summed E-state index contributed by atoms with van der Waals surface area (Å²) in [5, 5.41) is 6.41. The van der Waals surface area contributed by atoms with Crippen molar-refractivity contribution in [2.75, 3.05) is 13.7 Å². The van der Waals surface area contributed by atoms with Crippen LogP contribution in [0.2, 0.25) is 0 Å². The molecule has 0 spiro atoms. The van der Waals surface area contributed by atoms with Gasteiger partial charge in [-0.3, -0.25) is 4.79 Å². The summed E-state index contributed by atoms with van der Waals surface area (Å²) >= 11 is 0. The Morgan fingerprint density at radius 2 is 2.00 bits per heavy atom. The maximum absolute atomic E-state index is 12.1. The highest BCUT2D eigenvalue weighted by Crippen LogP contribution is 2.35. The zero-order chi connectivity index (χ0) is 13.2. The number of hydrogen-bond donors (Lipinski definition) is 2. The summed E-state index contributed by atoms with van der Waals surface area (Å²) in [6.07, 6.45) is 5.61. The van der Waals surface area contributed by atoms with Gasteiger partial charge in [0.25, 0.3) is 0 Å². The minimum Gasteiger partial charge on any atom is -0.380 e. The number of hydrogen-bond acceptors (Lipinski definition) is 3. The normalized spacial score (nSPS) is 32.4. The zero-order valence-corrected chi connectivity index (χ0v) is 11.8. The zero-order valence-electron chi connectivity index (χ0n) is 11.8. The molecule has 0 aromatic rings. The first-order valence-electron chi connectivity index (χ1n) is 7.07. The van der Waals surface area contributed by atoms with E-state index in [9.17, 15) is 4.79 Å². The second-order valence-corrected chi connectivity index (χ2v) is 6.50. The quantitative estimate of drug-likeness (QED) is 0.801. The molecule has 1 aliphatic heterocycles. The first kappa shape index (κ1) is 13.8. The average molecular weight is 254 g/mol. The predicted molar refractivity (Wildman–Crippen MR) is 71.4 cm³/mol. The Kier molecular flexibility index (Phi) is 4.28. The Labute approximate surface area is 110 Å². The average Bonchev–Trinajstić information content (AvgIpc) is 2.80. The number of rotatable bonds is 3. The first-order valence-corrected chi connectivity index (χ1v) is 7.07. The standard InChI is InChI=1S/C14H26N2O2/c1-14(2)6-4-10(5-7-14)16-13(17)12-8-11(18-3)9-15-12/h10-12,15H,4-9H2,1-3H3,(H,16,17). The van der Waals surface area contributed by atoms with E-state index in [0.29, 0.717) is 11.5 Å². The third-order valence-corrected chi connectivity index (χ3v) is 4.43. The van der Waals surface area contributed by atoms with Gasteiger partial charge in [-0.2, -0.15) is 0 Å². The Morgan fingerprint density at radius 1 is 1.33 bits per heavy atom. The van der Waals surface area contributed by atoms with Crippen LogP contribution in [-0.4, -0.2) is 37.7 Å². The van der Waals surface area contributed by atoms with Gasteiger partial charge >= 0.3 is 0 Å². The molecule has 0 aromatic carbocycles. The van der Waals surface area contributed by atoms with E-state index < -0.39 is 0 Å². The van der Waals surface area contributed by atoms with Gasteiger partial charge in [-0.15, -0.1) is 0 Å². The van der Waals surface area contributed by atoms with Crippen LogP contribution in [0.4, 0.5) is 0 Å². The van der Waals surface area contributed by atoms with Gasteiger partial charge in [-0.05, 0) is 37.5 Å². The summed E-state index contributed by atoms with van der Waals surface area (Å²) in [6.45, 7) is 5.41. The summed E-state index contributed by atoms with van der Waals surface area (Å²) in [7, 11) is 1.70. The molecule has 2 fully saturated rings. The van der Waals surface area contributed by atoms with Gasteiger partial charge in [0.2, 0.25) is 5.91 Å². The molecule has 0 radical (unpaired) electrons. The van der Waals surface area contributed by atoms with Crippen LogP contribution in [-0.2, 0) is 9.53 Å². The summed E-state index contributed by atoms with van der Waals surface area (Å²) in [5.41, 5.74) is 0.452. The number of carbonyl (C=O) groups is 1. The summed E-state index contributed by atoms with van der Waals surface area (Å²) in [6, 6.07) is 0.304. The molecule has 1 heterocycles. The molecule has 2 N–H and O–H groups in total. The van der Waals surface area contributed by atoms with E-state index in [4.69, 9.17) is 4.74 Å². The van der Waals surface area contributed by atoms with Crippen LogP contribution in [0.1, 0.15) is 46.0 Å². The second kappa shape index (κ2) is 5.57. The maximum Gasteiger partial charge on any atom is 0.237 e. The number of methoxy groups -OCH3 is 1. The van der Waals surface area contributed by atoms with E-state index in [1.165, 1.54) is 12.8 Å². The van der Waals surface area contributed by atoms with E-state index in [0.717, 1.165) is 25.8 Å². The lowest BCUT2D eigenvalue weighted by Crippen LogP contribution is -2.46. The van der Waals surface area contributed by atoms with Crippen LogP contribution < -0.4 is 10.6 Å². The third-order valence-electron chi connectivity index (χ3n) is 4.43. The summed E-state index contributed by atoms with van der Waals surface area (Å²) in [4.78, 5) is 12.1. The smallest absolute Gasteiger partial charge is 0.237 e. The molecule has 1 saturated carbocycles. The van der Waals surface area contributed by atoms with Crippen LogP contribution >= 0.6 is 0 Å². The molecule has 1 aliphatic carbocycles. The van der Waals surface area contributed by atoms with Crippen molar-refractivity contribution < 1.29 is 9.53 Å². The topological polar surface area (TPSA) is 50.4 Å². The molecule has 2 atom stereocenters. The Balaban J connectivity index is 1.75. The lowest BCUT2D eigenvalue weighted by molar-refractivity contribution is -0.124. The minimum absolute atomic E-state index is 0.0649.